The molecule has 1 unspecified atom stereocenters. The molecule has 0 aromatic heterocycles. The summed E-state index contributed by atoms with van der Waals surface area (Å²) in [4.78, 5) is 11.5. The van der Waals surface area contributed by atoms with Gasteiger partial charge in [0, 0.05) is 5.92 Å². The van der Waals surface area contributed by atoms with Crippen LogP contribution in [-0.2, 0) is 4.79 Å². The maximum absolute atomic E-state index is 15.0. The lowest BCUT2D eigenvalue weighted by Gasteiger charge is -2.29. The summed E-state index contributed by atoms with van der Waals surface area (Å²) < 4.78 is 26.5. The largest absolute Gasteiger partial charge is 0.497 e. The van der Waals surface area contributed by atoms with Crippen molar-refractivity contribution < 1.29 is 23.8 Å². The number of rotatable bonds is 9. The number of carboxylic acids is 1. The molecule has 32 heavy (non-hydrogen) atoms. The third-order valence-corrected chi connectivity index (χ3v) is 7.21. The Labute approximate surface area is 189 Å². The third-order valence-electron chi connectivity index (χ3n) is 7.21. The fourth-order valence-electron chi connectivity index (χ4n) is 5.16. The molecule has 0 radical (unpaired) electrons. The van der Waals surface area contributed by atoms with Gasteiger partial charge in [-0.1, -0.05) is 24.3 Å². The molecule has 0 heterocycles. The molecule has 172 valence electrons. The first kappa shape index (κ1) is 22.6. The number of ether oxygens (including phenoxy) is 2. The molecule has 2 atom stereocenters. The van der Waals surface area contributed by atoms with E-state index in [0.717, 1.165) is 49.8 Å². The van der Waals surface area contributed by atoms with E-state index in [0.29, 0.717) is 24.2 Å². The zero-order valence-corrected chi connectivity index (χ0v) is 18.9. The molecular formula is C27H33FO4. The summed E-state index contributed by atoms with van der Waals surface area (Å²) in [6, 6.07) is 15.7. The number of benzene rings is 2. The molecule has 2 saturated carbocycles. The number of halogens is 1. The molecule has 2 fully saturated rings. The molecule has 0 aliphatic heterocycles. The van der Waals surface area contributed by atoms with Gasteiger partial charge in [-0.25, -0.2) is 9.18 Å². The molecular weight excluding hydrogens is 407 g/mol. The minimum absolute atomic E-state index is 0.0863. The lowest BCUT2D eigenvalue weighted by molar-refractivity contribution is -0.151. The molecule has 2 aliphatic rings. The topological polar surface area (TPSA) is 55.8 Å². The highest BCUT2D eigenvalue weighted by Crippen LogP contribution is 2.50. The van der Waals surface area contributed by atoms with Crippen LogP contribution >= 0.6 is 0 Å². The predicted octanol–water partition coefficient (Wildman–Crippen LogP) is 6.35. The van der Waals surface area contributed by atoms with Crippen molar-refractivity contribution in [3.8, 4) is 11.5 Å². The van der Waals surface area contributed by atoms with Crippen LogP contribution in [0.2, 0.25) is 0 Å². The first-order chi connectivity index (χ1) is 15.4. The van der Waals surface area contributed by atoms with E-state index >= 15 is 4.39 Å². The molecule has 0 spiro atoms. The molecule has 2 aliphatic carbocycles. The lowest BCUT2D eigenvalue weighted by Crippen LogP contribution is -2.38. The smallest absolute Gasteiger partial charge is 0.341 e. The van der Waals surface area contributed by atoms with Crippen LogP contribution in [0.3, 0.4) is 0 Å². The van der Waals surface area contributed by atoms with E-state index < -0.39 is 17.6 Å². The van der Waals surface area contributed by atoms with Crippen LogP contribution in [0.15, 0.2) is 48.5 Å². The van der Waals surface area contributed by atoms with E-state index in [2.05, 4.69) is 18.2 Å². The maximum Gasteiger partial charge on any atom is 0.341 e. The summed E-state index contributed by atoms with van der Waals surface area (Å²) in [6.07, 6.45) is 6.22. The first-order valence-corrected chi connectivity index (χ1v) is 11.7. The zero-order valence-electron chi connectivity index (χ0n) is 18.9. The van der Waals surface area contributed by atoms with Gasteiger partial charge in [-0.15, -0.1) is 0 Å². The minimum atomic E-state index is -2.28. The minimum Gasteiger partial charge on any atom is -0.497 e. The first-order valence-electron chi connectivity index (χ1n) is 11.7. The van der Waals surface area contributed by atoms with Crippen molar-refractivity contribution in [1.82, 2.24) is 0 Å². The molecule has 0 saturated heterocycles. The number of alkyl halides is 1. The quantitative estimate of drug-likeness (QED) is 0.493. The maximum atomic E-state index is 15.0. The van der Waals surface area contributed by atoms with Crippen molar-refractivity contribution >= 4 is 5.97 Å². The van der Waals surface area contributed by atoms with E-state index in [4.69, 9.17) is 9.47 Å². The van der Waals surface area contributed by atoms with Gasteiger partial charge in [0.25, 0.3) is 0 Å². The van der Waals surface area contributed by atoms with E-state index in [-0.39, 0.29) is 5.92 Å². The highest BCUT2D eigenvalue weighted by atomic mass is 19.1. The summed E-state index contributed by atoms with van der Waals surface area (Å²) in [5, 5.41) is 9.41. The molecule has 0 bridgehead atoms. The van der Waals surface area contributed by atoms with Crippen LogP contribution < -0.4 is 9.47 Å². The molecule has 4 nitrogen and oxygen atoms in total. The Morgan fingerprint density at radius 1 is 1.06 bits per heavy atom. The molecule has 2 aromatic rings. The number of carbonyl (C=O) groups is 1. The van der Waals surface area contributed by atoms with Crippen molar-refractivity contribution in [1.29, 1.82) is 0 Å². The molecule has 5 heteroatoms. The Hall–Kier alpha value is -2.56. The fourth-order valence-corrected chi connectivity index (χ4v) is 5.16. The van der Waals surface area contributed by atoms with Crippen LogP contribution in [0.5, 0.6) is 11.5 Å². The van der Waals surface area contributed by atoms with Crippen LogP contribution in [0.1, 0.15) is 68.4 Å². The van der Waals surface area contributed by atoms with Gasteiger partial charge in [-0.2, -0.15) is 0 Å². The molecule has 1 N–H and O–H groups in total. The summed E-state index contributed by atoms with van der Waals surface area (Å²) in [5.74, 6) is 0.708. The van der Waals surface area contributed by atoms with Gasteiger partial charge in [0.05, 0.1) is 13.7 Å². The van der Waals surface area contributed by atoms with Gasteiger partial charge in [0.15, 0.2) is 0 Å². The summed E-state index contributed by atoms with van der Waals surface area (Å²) in [5.41, 5.74) is -0.215. The van der Waals surface area contributed by atoms with Crippen LogP contribution in [-0.4, -0.2) is 30.5 Å². The van der Waals surface area contributed by atoms with Gasteiger partial charge < -0.3 is 14.6 Å². The second kappa shape index (κ2) is 9.51. The average Bonchev–Trinajstić information content (AvgIpc) is 3.63. The Balaban J connectivity index is 1.34. The number of carboxylic acid groups (broad SMARTS) is 1. The molecule has 0 amide bonds. The van der Waals surface area contributed by atoms with Crippen molar-refractivity contribution in [2.24, 2.45) is 11.8 Å². The number of methoxy groups -OCH3 is 1. The summed E-state index contributed by atoms with van der Waals surface area (Å²) in [7, 11) is 1.70. The lowest BCUT2D eigenvalue weighted by atomic mass is 9.79. The van der Waals surface area contributed by atoms with Crippen molar-refractivity contribution in [2.45, 2.75) is 63.0 Å². The Bertz CT molecular complexity index is 929. The van der Waals surface area contributed by atoms with Gasteiger partial charge >= 0.3 is 5.97 Å². The van der Waals surface area contributed by atoms with Gasteiger partial charge in [0.1, 0.15) is 11.5 Å². The number of aliphatic carboxylic acids is 1. The second-order valence-corrected chi connectivity index (χ2v) is 9.57. The normalized spacial score (nSPS) is 23.7. The Morgan fingerprint density at radius 3 is 2.41 bits per heavy atom. The van der Waals surface area contributed by atoms with Crippen LogP contribution in [0.25, 0.3) is 0 Å². The van der Waals surface area contributed by atoms with E-state index in [1.807, 2.05) is 30.3 Å². The van der Waals surface area contributed by atoms with Crippen LogP contribution in [0, 0.1) is 11.8 Å². The Kier molecular flexibility index (Phi) is 6.73. The van der Waals surface area contributed by atoms with E-state index in [1.165, 1.54) is 12.5 Å². The van der Waals surface area contributed by atoms with Gasteiger partial charge in [0.2, 0.25) is 5.67 Å². The van der Waals surface area contributed by atoms with E-state index in [9.17, 15) is 9.90 Å². The van der Waals surface area contributed by atoms with Crippen molar-refractivity contribution in [3.05, 3.63) is 59.7 Å². The second-order valence-electron chi connectivity index (χ2n) is 9.57. The van der Waals surface area contributed by atoms with E-state index in [1.54, 1.807) is 7.11 Å². The van der Waals surface area contributed by atoms with Crippen LogP contribution in [0.4, 0.5) is 4.39 Å². The zero-order chi connectivity index (χ0) is 22.7. The van der Waals surface area contributed by atoms with Crippen molar-refractivity contribution in [2.75, 3.05) is 13.7 Å². The van der Waals surface area contributed by atoms with Gasteiger partial charge in [-0.3, -0.25) is 0 Å². The highest BCUT2D eigenvalue weighted by Gasteiger charge is 2.50. The summed E-state index contributed by atoms with van der Waals surface area (Å²) >= 11 is 0. The third kappa shape index (κ3) is 5.08. The SMILES string of the molecule is COc1cccc(C2CCC(COc3cccc([C@H](C4CC4)C(C)(F)C(=O)O)c3)CC2)c1. The standard InChI is InChI=1S/C27H33FO4/c1-27(28,26(29)30)25(20-13-14-20)22-6-4-8-24(16-22)32-17-18-9-11-19(12-10-18)21-5-3-7-23(15-21)31-2/h3-8,15-16,18-20,25H,9-14,17H2,1-2H3,(H,29,30)/t18?,19?,25-,27?/m0/s1. The summed E-state index contributed by atoms with van der Waals surface area (Å²) in [6.45, 7) is 1.82. The van der Waals surface area contributed by atoms with Crippen molar-refractivity contribution in [3.63, 3.8) is 0 Å². The molecule has 2 aromatic carbocycles. The van der Waals surface area contributed by atoms with Gasteiger partial charge in [-0.05, 0) is 98.6 Å². The predicted molar refractivity (Wildman–Crippen MR) is 122 cm³/mol. The highest BCUT2D eigenvalue weighted by molar-refractivity contribution is 5.78. The average molecular weight is 441 g/mol. The number of hydrogen-bond acceptors (Lipinski definition) is 3. The fraction of sp³-hybridized carbons (Fsp3) is 0.519. The Morgan fingerprint density at radius 2 is 1.75 bits per heavy atom. The monoisotopic (exact) mass is 440 g/mol. The molecule has 4 rings (SSSR count). The number of hydrogen-bond donors (Lipinski definition) is 1.